The van der Waals surface area contributed by atoms with Crippen molar-refractivity contribution < 1.29 is 17.2 Å². The van der Waals surface area contributed by atoms with Crippen LogP contribution in [0.5, 0.6) is 0 Å². The van der Waals surface area contributed by atoms with Crippen LogP contribution < -0.4 is 5.32 Å². The van der Waals surface area contributed by atoms with E-state index in [0.717, 1.165) is 56.3 Å². The van der Waals surface area contributed by atoms with E-state index in [1.54, 1.807) is 12.1 Å². The molecule has 0 aliphatic carbocycles. The average Bonchev–Trinajstić information content (AvgIpc) is 3.38. The molecule has 1 N–H and O–H groups in total. The number of likely N-dealkylation sites (tertiary alicyclic amines) is 1. The second-order valence-corrected chi connectivity index (χ2v) is 12.9. The van der Waals surface area contributed by atoms with Gasteiger partial charge in [0.1, 0.15) is 12.3 Å². The summed E-state index contributed by atoms with van der Waals surface area (Å²) in [6, 6.07) is 16.4. The maximum absolute atomic E-state index is 14.3. The second-order valence-electron chi connectivity index (χ2n) is 10.4. The number of amides is 2. The molecule has 10 heteroatoms. The molecule has 0 aromatic heterocycles. The molecule has 38 heavy (non-hydrogen) atoms. The van der Waals surface area contributed by atoms with E-state index in [2.05, 4.69) is 10.2 Å². The normalized spacial score (nSPS) is 25.2. The molecule has 0 radical (unpaired) electrons. The second kappa shape index (κ2) is 11.8. The van der Waals surface area contributed by atoms with Gasteiger partial charge in [-0.15, -0.1) is 0 Å². The van der Waals surface area contributed by atoms with Crippen LogP contribution in [0.15, 0.2) is 59.7 Å². The number of nitrogens with one attached hydrogen (secondary N) is 1. The zero-order chi connectivity index (χ0) is 26.6. The molecule has 2 saturated heterocycles. The van der Waals surface area contributed by atoms with Crippen molar-refractivity contribution in [3.63, 3.8) is 0 Å². The minimum Gasteiger partial charge on any atom is -0.302 e. The Morgan fingerprint density at radius 3 is 2.21 bits per heavy atom. The summed E-state index contributed by atoms with van der Waals surface area (Å²) in [5.41, 5.74) is 2.27. The third-order valence-electron chi connectivity index (χ3n) is 7.86. The standard InChI is InChI=1S/C28H36ClN5O3S/c29-25-14-12-24(13-15-25)27-26(23-10-4-1-5-11-23)22-34(31-27,38(36,37)33-19-8-3-9-20-33)28(35)30-16-21-32-17-6-2-7-18-32/h1,4-5,10-15,26H,2-3,6-9,16-22H2/p+1. The Morgan fingerprint density at radius 2 is 1.55 bits per heavy atom. The van der Waals surface area contributed by atoms with Gasteiger partial charge in [-0.1, -0.05) is 72.0 Å². The third kappa shape index (κ3) is 5.53. The fraction of sp³-hybridized carbons (Fsp3) is 0.500. The fourth-order valence-corrected chi connectivity index (χ4v) is 7.77. The summed E-state index contributed by atoms with van der Waals surface area (Å²) < 4.78 is 29.1. The van der Waals surface area contributed by atoms with Gasteiger partial charge >= 0.3 is 16.2 Å². The highest BCUT2D eigenvalue weighted by atomic mass is 35.5. The first-order chi connectivity index (χ1) is 18.4. The van der Waals surface area contributed by atoms with Crippen molar-refractivity contribution >= 4 is 33.6 Å². The summed E-state index contributed by atoms with van der Waals surface area (Å²) in [4.78, 5) is 16.3. The predicted molar refractivity (Wildman–Crippen MR) is 150 cm³/mol. The first-order valence-corrected chi connectivity index (χ1v) is 15.5. The third-order valence-corrected chi connectivity index (χ3v) is 10.3. The molecule has 204 valence electrons. The van der Waals surface area contributed by atoms with Gasteiger partial charge < -0.3 is 10.2 Å². The van der Waals surface area contributed by atoms with E-state index >= 15 is 0 Å². The summed E-state index contributed by atoms with van der Waals surface area (Å²) in [6.45, 7) is 3.93. The lowest BCUT2D eigenvalue weighted by atomic mass is 9.91. The molecule has 3 heterocycles. The van der Waals surface area contributed by atoms with Crippen LogP contribution in [0.4, 0.5) is 4.79 Å². The van der Waals surface area contributed by atoms with Gasteiger partial charge in [0, 0.05) is 40.8 Å². The van der Waals surface area contributed by atoms with Crippen molar-refractivity contribution in [2.75, 3.05) is 45.8 Å². The first-order valence-electron chi connectivity index (χ1n) is 13.7. The highest BCUT2D eigenvalue weighted by Gasteiger charge is 2.60. The largest absolute Gasteiger partial charge is 0.460 e. The van der Waals surface area contributed by atoms with Crippen LogP contribution in [0.25, 0.3) is 0 Å². The predicted octanol–water partition coefficient (Wildman–Crippen LogP) is 4.58. The molecular weight excluding hydrogens is 522 g/mol. The van der Waals surface area contributed by atoms with Gasteiger partial charge in [0.15, 0.2) is 0 Å². The van der Waals surface area contributed by atoms with Crippen molar-refractivity contribution in [2.24, 2.45) is 5.10 Å². The Balaban J connectivity index is 1.53. The van der Waals surface area contributed by atoms with Gasteiger partial charge in [-0.25, -0.2) is 4.79 Å². The Kier molecular flexibility index (Phi) is 8.50. The van der Waals surface area contributed by atoms with Gasteiger partial charge in [0.25, 0.3) is 0 Å². The van der Waals surface area contributed by atoms with E-state index in [4.69, 9.17) is 16.7 Å². The number of carbonyl (C=O) groups is 1. The highest BCUT2D eigenvalue weighted by molar-refractivity contribution is 7.83. The Bertz CT molecular complexity index is 1240. The molecule has 8 nitrogen and oxygen atoms in total. The van der Waals surface area contributed by atoms with Gasteiger partial charge in [-0.2, -0.15) is 12.7 Å². The molecule has 0 saturated carbocycles. The minimum atomic E-state index is -4.14. The molecule has 2 aromatic rings. The number of nitrogens with zero attached hydrogens (tertiary/aromatic N) is 4. The lowest BCUT2D eigenvalue weighted by Crippen LogP contribution is -2.62. The number of hydrogen-bond donors (Lipinski definition) is 1. The topological polar surface area (TPSA) is 82.1 Å². The smallest absolute Gasteiger partial charge is 0.302 e. The van der Waals surface area contributed by atoms with Gasteiger partial charge in [-0.3, -0.25) is 0 Å². The SMILES string of the molecule is O=C(NCCN1CCCCC1)[N+]1(S(=O)(=O)N2CCCCC2)CC(c2ccccc2)C(c2ccc(Cl)cc2)=N1. The van der Waals surface area contributed by atoms with Crippen molar-refractivity contribution in [2.45, 2.75) is 44.4 Å². The molecule has 0 spiro atoms. The zero-order valence-corrected chi connectivity index (χ0v) is 23.3. The van der Waals surface area contributed by atoms with Crippen molar-refractivity contribution in [1.82, 2.24) is 14.5 Å². The van der Waals surface area contributed by atoms with Gasteiger partial charge in [0.05, 0.1) is 5.92 Å². The van der Waals surface area contributed by atoms with Crippen LogP contribution in [0.2, 0.25) is 5.02 Å². The molecule has 2 aromatic carbocycles. The Hall–Kier alpha value is -2.30. The summed E-state index contributed by atoms with van der Waals surface area (Å²) >= 11 is 6.16. The molecule has 2 unspecified atom stereocenters. The van der Waals surface area contributed by atoms with Crippen LogP contribution in [0.1, 0.15) is 55.6 Å². The summed E-state index contributed by atoms with van der Waals surface area (Å²) in [7, 11) is -4.14. The van der Waals surface area contributed by atoms with E-state index in [-0.39, 0.29) is 12.5 Å². The average molecular weight is 559 g/mol. The number of piperidine rings is 2. The van der Waals surface area contributed by atoms with Crippen LogP contribution in [0, 0.1) is 0 Å². The quantitative estimate of drug-likeness (QED) is 0.504. The molecular formula is C28H37ClN5O3S+. The summed E-state index contributed by atoms with van der Waals surface area (Å²) in [6.07, 6.45) is 6.10. The van der Waals surface area contributed by atoms with Gasteiger partial charge in [0.2, 0.25) is 0 Å². The number of quaternary nitrogens is 1. The molecule has 2 amide bonds. The number of hydrogen-bond acceptors (Lipinski definition) is 5. The van der Waals surface area contributed by atoms with E-state index < -0.39 is 20.2 Å². The molecule has 2 atom stereocenters. The van der Waals surface area contributed by atoms with Gasteiger partial charge in [-0.05, 0) is 56.5 Å². The maximum atomic E-state index is 14.3. The van der Waals surface area contributed by atoms with Crippen molar-refractivity contribution in [3.05, 3.63) is 70.7 Å². The summed E-state index contributed by atoms with van der Waals surface area (Å²) in [5.74, 6) is -0.371. The monoisotopic (exact) mass is 558 g/mol. The fourth-order valence-electron chi connectivity index (χ4n) is 5.74. The minimum absolute atomic E-state index is 0.0103. The molecule has 0 bridgehead atoms. The molecule has 5 rings (SSSR count). The van der Waals surface area contributed by atoms with Crippen LogP contribution >= 0.6 is 11.6 Å². The van der Waals surface area contributed by atoms with Crippen molar-refractivity contribution in [1.29, 1.82) is 0 Å². The molecule has 3 aliphatic rings. The van der Waals surface area contributed by atoms with E-state index in [1.807, 2.05) is 42.5 Å². The number of benzene rings is 2. The Labute approximate surface area is 231 Å². The van der Waals surface area contributed by atoms with Crippen LogP contribution in [-0.2, 0) is 10.2 Å². The lowest BCUT2D eigenvalue weighted by molar-refractivity contribution is -0.725. The zero-order valence-electron chi connectivity index (χ0n) is 21.8. The lowest BCUT2D eigenvalue weighted by Gasteiger charge is -2.33. The van der Waals surface area contributed by atoms with E-state index in [1.165, 1.54) is 10.7 Å². The molecule has 3 aliphatic heterocycles. The summed E-state index contributed by atoms with van der Waals surface area (Å²) in [5, 5.41) is 8.40. The van der Waals surface area contributed by atoms with Crippen LogP contribution in [-0.4, -0.2) is 79.2 Å². The maximum Gasteiger partial charge on any atom is 0.460 e. The molecule has 2 fully saturated rings. The highest BCUT2D eigenvalue weighted by Crippen LogP contribution is 2.38. The van der Waals surface area contributed by atoms with Crippen LogP contribution in [0.3, 0.4) is 0 Å². The number of rotatable bonds is 7. The van der Waals surface area contributed by atoms with Crippen molar-refractivity contribution in [3.8, 4) is 0 Å². The number of carbonyl (C=O) groups excluding carboxylic acids is 1. The number of halogens is 1. The van der Waals surface area contributed by atoms with E-state index in [9.17, 15) is 13.2 Å². The first kappa shape index (κ1) is 27.3. The Morgan fingerprint density at radius 1 is 0.921 bits per heavy atom. The van der Waals surface area contributed by atoms with E-state index in [0.29, 0.717) is 36.9 Å². The number of urea groups is 1.